The molecule has 0 aromatic heterocycles. The Morgan fingerprint density at radius 1 is 1.03 bits per heavy atom. The summed E-state index contributed by atoms with van der Waals surface area (Å²) in [5, 5.41) is 13.3. The Hall–Kier alpha value is -0.760. The zero-order chi connectivity index (χ0) is 24.5. The maximum absolute atomic E-state index is 12.3. The highest BCUT2D eigenvalue weighted by atomic mass is 31.2. The van der Waals surface area contributed by atoms with Crippen LogP contribution in [0.2, 0.25) is 0 Å². The van der Waals surface area contributed by atoms with Gasteiger partial charge in [0, 0.05) is 6.42 Å². The lowest BCUT2D eigenvalue weighted by molar-refractivity contribution is -0.870. The third-order valence-electron chi connectivity index (χ3n) is 5.01. The molecule has 8 nitrogen and oxygen atoms in total. The van der Waals surface area contributed by atoms with Crippen LogP contribution in [0.1, 0.15) is 78.1 Å². The molecule has 3 N–H and O–H groups in total. The molecule has 0 spiro atoms. The van der Waals surface area contributed by atoms with Crippen molar-refractivity contribution in [1.29, 1.82) is 0 Å². The summed E-state index contributed by atoms with van der Waals surface area (Å²) in [5.74, 6) is -0.205. The summed E-state index contributed by atoms with van der Waals surface area (Å²) in [7, 11) is 1.56. The van der Waals surface area contributed by atoms with Crippen LogP contribution in [0.15, 0.2) is 12.2 Å². The van der Waals surface area contributed by atoms with Gasteiger partial charge in [-0.1, -0.05) is 64.5 Å². The summed E-state index contributed by atoms with van der Waals surface area (Å²) in [5.41, 5.74) is 0. The Kier molecular flexibility index (Phi) is 17.3. The summed E-state index contributed by atoms with van der Waals surface area (Å²) >= 11 is 0. The predicted molar refractivity (Wildman–Crippen MR) is 129 cm³/mol. The second-order valence-corrected chi connectivity index (χ2v) is 10.8. The quantitative estimate of drug-likeness (QED) is 0.105. The lowest BCUT2D eigenvalue weighted by atomic mass is 10.1. The Balaban J connectivity index is 4.79. The fourth-order valence-corrected chi connectivity index (χ4v) is 3.65. The summed E-state index contributed by atoms with van der Waals surface area (Å²) < 4.78 is 22.9. The molecule has 0 aromatic carbocycles. The molecule has 0 saturated carbocycles. The number of hydrogen-bond donors (Lipinski definition) is 3. The molecule has 190 valence electrons. The average molecular weight is 480 g/mol. The lowest BCUT2D eigenvalue weighted by Crippen LogP contribution is -2.45. The van der Waals surface area contributed by atoms with E-state index in [1.807, 2.05) is 27.2 Å². The van der Waals surface area contributed by atoms with E-state index in [0.717, 1.165) is 51.4 Å². The average Bonchev–Trinajstić information content (AvgIpc) is 2.69. The standard InChI is InChI=1S/C23H47N2O6P/c1-6-8-10-12-13-14-16-22(26)21(24-23(27)17-15-11-9-7-2)20-31-32(28,29)30-19-18-25(3,4)5/h14,16,21-22,26H,6-13,15,17-20H2,1-5H3,(H-,24,27,28,29)/p+1/b16-14+. The number of allylic oxidation sites excluding steroid dienone is 1. The summed E-state index contributed by atoms with van der Waals surface area (Å²) in [6.07, 6.45) is 12.1. The first kappa shape index (κ1) is 31.2. The highest BCUT2D eigenvalue weighted by Crippen LogP contribution is 2.43. The van der Waals surface area contributed by atoms with E-state index in [4.69, 9.17) is 9.05 Å². The van der Waals surface area contributed by atoms with Gasteiger partial charge in [-0.3, -0.25) is 13.8 Å². The number of likely N-dealkylation sites (N-methyl/N-ethyl adjacent to an activating group) is 1. The van der Waals surface area contributed by atoms with E-state index in [-0.39, 0.29) is 19.1 Å². The van der Waals surface area contributed by atoms with Crippen molar-refractivity contribution in [3.05, 3.63) is 12.2 Å². The van der Waals surface area contributed by atoms with Gasteiger partial charge in [-0.05, 0) is 19.3 Å². The van der Waals surface area contributed by atoms with Crippen LogP contribution in [0.3, 0.4) is 0 Å². The van der Waals surface area contributed by atoms with Crippen LogP contribution in [0.25, 0.3) is 0 Å². The van der Waals surface area contributed by atoms with Crippen molar-refractivity contribution in [2.75, 3.05) is 40.9 Å². The van der Waals surface area contributed by atoms with Crippen molar-refractivity contribution in [3.8, 4) is 0 Å². The van der Waals surface area contributed by atoms with Gasteiger partial charge in [0.15, 0.2) is 0 Å². The van der Waals surface area contributed by atoms with Gasteiger partial charge in [0.1, 0.15) is 13.2 Å². The van der Waals surface area contributed by atoms with Crippen LogP contribution in [0, 0.1) is 0 Å². The van der Waals surface area contributed by atoms with Crippen LogP contribution in [-0.4, -0.2) is 73.4 Å². The summed E-state index contributed by atoms with van der Waals surface area (Å²) in [4.78, 5) is 22.3. The fourth-order valence-electron chi connectivity index (χ4n) is 2.92. The number of phosphoric acid groups is 1. The number of phosphoric ester groups is 1. The largest absolute Gasteiger partial charge is 0.472 e. The van der Waals surface area contributed by atoms with E-state index in [0.29, 0.717) is 17.4 Å². The van der Waals surface area contributed by atoms with E-state index >= 15 is 0 Å². The lowest BCUT2D eigenvalue weighted by Gasteiger charge is -2.25. The highest BCUT2D eigenvalue weighted by molar-refractivity contribution is 7.47. The molecule has 0 aliphatic heterocycles. The maximum atomic E-state index is 12.3. The Morgan fingerprint density at radius 2 is 1.66 bits per heavy atom. The van der Waals surface area contributed by atoms with Gasteiger partial charge in [0.25, 0.3) is 0 Å². The number of aliphatic hydroxyl groups excluding tert-OH is 1. The number of nitrogens with one attached hydrogen (secondary N) is 1. The SMILES string of the molecule is CCCCCC/C=C/C(O)C(COP(=O)(O)OCC[N+](C)(C)C)NC(=O)CCCCCC. The molecule has 3 unspecified atom stereocenters. The molecule has 0 fully saturated rings. The molecule has 0 saturated heterocycles. The smallest absolute Gasteiger partial charge is 0.387 e. The number of quaternary nitrogens is 1. The van der Waals surface area contributed by atoms with E-state index in [1.54, 1.807) is 6.08 Å². The van der Waals surface area contributed by atoms with E-state index in [1.165, 1.54) is 6.42 Å². The first-order valence-electron chi connectivity index (χ1n) is 12.1. The normalized spacial score (nSPS) is 16.1. The molecule has 0 heterocycles. The molecule has 0 aromatic rings. The van der Waals surface area contributed by atoms with Crippen molar-refractivity contribution in [2.45, 2.75) is 90.2 Å². The Bertz CT molecular complexity index is 565. The first-order valence-corrected chi connectivity index (χ1v) is 13.6. The number of hydrogen-bond acceptors (Lipinski definition) is 5. The molecule has 0 bridgehead atoms. The Labute approximate surface area is 195 Å². The third kappa shape index (κ3) is 18.8. The monoisotopic (exact) mass is 479 g/mol. The van der Waals surface area contributed by atoms with Gasteiger partial charge in [0.2, 0.25) is 5.91 Å². The van der Waals surface area contributed by atoms with Crippen molar-refractivity contribution in [3.63, 3.8) is 0 Å². The highest BCUT2D eigenvalue weighted by Gasteiger charge is 2.27. The molecule has 0 aliphatic rings. The van der Waals surface area contributed by atoms with Gasteiger partial charge >= 0.3 is 7.82 Å². The Morgan fingerprint density at radius 3 is 2.25 bits per heavy atom. The van der Waals surface area contributed by atoms with Crippen molar-refractivity contribution in [1.82, 2.24) is 5.32 Å². The number of amides is 1. The van der Waals surface area contributed by atoms with E-state index in [2.05, 4.69) is 19.2 Å². The van der Waals surface area contributed by atoms with Crippen LogP contribution in [0.5, 0.6) is 0 Å². The second-order valence-electron chi connectivity index (χ2n) is 9.36. The summed E-state index contributed by atoms with van der Waals surface area (Å²) in [6.45, 7) is 4.54. The molecule has 0 radical (unpaired) electrons. The molecule has 32 heavy (non-hydrogen) atoms. The number of nitrogens with zero attached hydrogens (tertiary/aromatic N) is 1. The molecule has 9 heteroatoms. The third-order valence-corrected chi connectivity index (χ3v) is 5.99. The van der Waals surface area contributed by atoms with Gasteiger partial charge in [-0.2, -0.15) is 0 Å². The molecular weight excluding hydrogens is 431 g/mol. The summed E-state index contributed by atoms with van der Waals surface area (Å²) in [6, 6.07) is -0.831. The topological polar surface area (TPSA) is 105 Å². The van der Waals surface area contributed by atoms with Crippen molar-refractivity contribution in [2.24, 2.45) is 0 Å². The van der Waals surface area contributed by atoms with Crippen LogP contribution in [0.4, 0.5) is 0 Å². The van der Waals surface area contributed by atoms with Gasteiger partial charge in [-0.25, -0.2) is 4.57 Å². The van der Waals surface area contributed by atoms with Crippen LogP contribution in [-0.2, 0) is 18.4 Å². The molecule has 1 amide bonds. The van der Waals surface area contributed by atoms with Crippen LogP contribution >= 0.6 is 7.82 Å². The minimum atomic E-state index is -4.29. The van der Waals surface area contributed by atoms with Gasteiger partial charge < -0.3 is 19.8 Å². The number of carbonyl (C=O) groups is 1. The number of carbonyl (C=O) groups excluding carboxylic acids is 1. The zero-order valence-electron chi connectivity index (χ0n) is 20.9. The van der Waals surface area contributed by atoms with Crippen molar-refractivity contribution >= 4 is 13.7 Å². The van der Waals surface area contributed by atoms with E-state index < -0.39 is 20.0 Å². The molecule has 3 atom stereocenters. The maximum Gasteiger partial charge on any atom is 0.472 e. The zero-order valence-corrected chi connectivity index (χ0v) is 21.8. The fraction of sp³-hybridized carbons (Fsp3) is 0.870. The van der Waals surface area contributed by atoms with Gasteiger partial charge in [-0.15, -0.1) is 0 Å². The van der Waals surface area contributed by atoms with Gasteiger partial charge in [0.05, 0.1) is 39.9 Å². The van der Waals surface area contributed by atoms with Crippen LogP contribution < -0.4 is 5.32 Å². The minimum absolute atomic E-state index is 0.0615. The predicted octanol–water partition coefficient (Wildman–Crippen LogP) is 4.17. The second kappa shape index (κ2) is 17.7. The minimum Gasteiger partial charge on any atom is -0.387 e. The van der Waals surface area contributed by atoms with E-state index in [9.17, 15) is 19.4 Å². The molecule has 0 rings (SSSR count). The number of rotatable bonds is 20. The number of unbranched alkanes of at least 4 members (excludes halogenated alkanes) is 7. The first-order chi connectivity index (χ1) is 15.0. The van der Waals surface area contributed by atoms with Crippen molar-refractivity contribution < 1.29 is 32.9 Å². The molecular formula is C23H48N2O6P+. The number of aliphatic hydroxyl groups is 1. The molecule has 0 aliphatic carbocycles.